The highest BCUT2D eigenvalue weighted by Gasteiger charge is 2.52. The van der Waals surface area contributed by atoms with Gasteiger partial charge in [-0.25, -0.2) is 45.9 Å². The van der Waals surface area contributed by atoms with E-state index in [1.165, 1.54) is 39.0 Å². The van der Waals surface area contributed by atoms with E-state index in [2.05, 4.69) is 26.6 Å². The number of aliphatic carboxylic acids is 2. The number of amides is 6. The monoisotopic (exact) mass is 2180 g/mol. The zero-order valence-electron chi connectivity index (χ0n) is 82.8. The van der Waals surface area contributed by atoms with Crippen molar-refractivity contribution in [3.8, 4) is 55.6 Å². The number of nitrogens with one attached hydrogen (secondary N) is 5. The van der Waals surface area contributed by atoms with E-state index < -0.39 is 100 Å². The van der Waals surface area contributed by atoms with E-state index in [0.29, 0.717) is 107 Å². The van der Waals surface area contributed by atoms with Crippen LogP contribution in [0, 0.1) is 40.9 Å². The molecule has 6 fully saturated rings. The lowest BCUT2D eigenvalue weighted by Gasteiger charge is -2.38. The minimum Gasteiger partial charge on any atom is -0.480 e. The highest BCUT2D eigenvalue weighted by Crippen LogP contribution is 2.46. The van der Waals surface area contributed by atoms with Gasteiger partial charge in [0.15, 0.2) is 35.1 Å². The van der Waals surface area contributed by atoms with Crippen LogP contribution < -0.4 is 38.1 Å². The van der Waals surface area contributed by atoms with Gasteiger partial charge in [0.2, 0.25) is 17.7 Å². The Morgan fingerprint density at radius 3 is 0.903 bits per heavy atom. The van der Waals surface area contributed by atoms with Crippen LogP contribution in [0.2, 0.25) is 25.1 Å². The first kappa shape index (κ1) is 122. The number of allylic oxidation sites excluding steroid dienone is 2. The molecule has 0 unspecified atom stereocenters. The Kier molecular flexibility index (Phi) is 46.3. The molecule has 5 saturated heterocycles. The van der Waals surface area contributed by atoms with Gasteiger partial charge in [0.05, 0.1) is 53.6 Å². The molecular formula is C106H120Cl9F5N12O13. The molecule has 0 spiro atoms. The average molecular weight is 2180 g/mol. The normalized spacial score (nSPS) is 16.3. The van der Waals surface area contributed by atoms with Gasteiger partial charge in [0.1, 0.15) is 39.2 Å². The van der Waals surface area contributed by atoms with Crippen molar-refractivity contribution in [2.75, 3.05) is 88.3 Å². The second kappa shape index (κ2) is 55.1. The van der Waals surface area contributed by atoms with Gasteiger partial charge in [-0.2, -0.15) is 0 Å². The number of carboxylic acids is 2. The molecule has 0 radical (unpaired) electrons. The van der Waals surface area contributed by atoms with E-state index in [1.54, 1.807) is 232 Å². The van der Waals surface area contributed by atoms with Crippen LogP contribution in [0.1, 0.15) is 103 Å². The van der Waals surface area contributed by atoms with Gasteiger partial charge in [-0.3, -0.25) is 29.1 Å². The molecule has 39 heteroatoms. The fourth-order valence-electron chi connectivity index (χ4n) is 13.8. The van der Waals surface area contributed by atoms with Crippen LogP contribution in [0.5, 0.6) is 0 Å². The number of anilines is 5. The number of carbonyl (C=O) groups is 8. The predicted octanol–water partition coefficient (Wildman–Crippen LogP) is 25.6. The first-order valence-electron chi connectivity index (χ1n) is 45.1. The molecule has 0 aromatic heterocycles. The number of fused-ring (bicyclic) bond motifs is 1. The van der Waals surface area contributed by atoms with Crippen LogP contribution in [0.25, 0.3) is 55.6 Å². The Morgan fingerprint density at radius 2 is 0.655 bits per heavy atom. The lowest BCUT2D eigenvalue weighted by Crippen LogP contribution is -2.56. The third-order valence-electron chi connectivity index (χ3n) is 21.3. The molecule has 11 N–H and O–H groups in total. The smallest absolute Gasteiger partial charge is 0.411 e. The number of ether oxygens (including phenoxy) is 3. The van der Waals surface area contributed by atoms with E-state index in [-0.39, 0.29) is 95.8 Å². The van der Waals surface area contributed by atoms with Crippen LogP contribution in [0.15, 0.2) is 234 Å². The molecule has 10 aromatic rings. The van der Waals surface area contributed by atoms with Crippen molar-refractivity contribution < 1.29 is 84.7 Å². The zero-order chi connectivity index (χ0) is 106. The molecule has 6 amide bonds. The van der Waals surface area contributed by atoms with Crippen molar-refractivity contribution in [1.29, 1.82) is 0 Å². The molecule has 5 heterocycles. The molecule has 1 aliphatic carbocycles. The summed E-state index contributed by atoms with van der Waals surface area (Å²) in [5, 5.41) is 35.2. The molecule has 0 bridgehead atoms. The molecular weight excluding hydrogens is 2060 g/mol. The summed E-state index contributed by atoms with van der Waals surface area (Å²) < 4.78 is 86.8. The number of hydrogen-bond acceptors (Lipinski definition) is 17. The van der Waals surface area contributed by atoms with Gasteiger partial charge in [-0.1, -0.05) is 233 Å². The summed E-state index contributed by atoms with van der Waals surface area (Å²) in [6.45, 7) is 26.2. The predicted molar refractivity (Wildman–Crippen MR) is 575 cm³/mol. The molecule has 145 heavy (non-hydrogen) atoms. The summed E-state index contributed by atoms with van der Waals surface area (Å²) in [6.07, 6.45) is -0.0640. The van der Waals surface area contributed by atoms with E-state index in [1.807, 2.05) is 83.9 Å². The van der Waals surface area contributed by atoms with E-state index in [4.69, 9.17) is 117 Å². The molecule has 16 rings (SSSR count). The van der Waals surface area contributed by atoms with Crippen LogP contribution in [0.4, 0.5) is 64.8 Å². The second-order valence-electron chi connectivity index (χ2n) is 37.1. The largest absolute Gasteiger partial charge is 0.480 e. The highest BCUT2D eigenvalue weighted by atomic mass is 35.5. The summed E-state index contributed by atoms with van der Waals surface area (Å²) in [7, 11) is 7.70. The van der Waals surface area contributed by atoms with Crippen molar-refractivity contribution in [2.45, 2.75) is 150 Å². The van der Waals surface area contributed by atoms with Crippen molar-refractivity contribution in [3.05, 3.63) is 288 Å². The molecule has 780 valence electrons. The number of benzene rings is 10. The highest BCUT2D eigenvalue weighted by molar-refractivity contribution is 6.35. The maximum absolute atomic E-state index is 14.9. The van der Waals surface area contributed by atoms with Crippen LogP contribution >= 0.6 is 106 Å². The topological polar surface area (TPSA) is 343 Å². The van der Waals surface area contributed by atoms with Crippen LogP contribution in [-0.4, -0.2) is 191 Å². The number of nitrogens with zero attached hydrogens (tertiary/aromatic N) is 5. The number of halogens is 14. The number of carbonyl (C=O) groups excluding carboxylic acids is 6. The van der Waals surface area contributed by atoms with Crippen molar-refractivity contribution >= 4 is 182 Å². The number of carboxylic acid groups (broad SMARTS) is 2. The lowest BCUT2D eigenvalue weighted by atomic mass is 10.0. The molecule has 6 aliphatic rings. The molecule has 10 aromatic carbocycles. The fourth-order valence-corrected chi connectivity index (χ4v) is 15.0. The van der Waals surface area contributed by atoms with Gasteiger partial charge in [0.25, 0.3) is 0 Å². The Hall–Kier alpha value is -11.8. The summed E-state index contributed by atoms with van der Waals surface area (Å²) >= 11 is 41.8. The molecule has 25 nitrogen and oxygen atoms in total. The third-order valence-corrected chi connectivity index (χ3v) is 24.4. The molecule has 5 aliphatic heterocycles. The Morgan fingerprint density at radius 1 is 0.379 bits per heavy atom. The van der Waals surface area contributed by atoms with Gasteiger partial charge in [-0.15, -0.1) is 24.8 Å². The molecule has 1 saturated carbocycles. The maximum atomic E-state index is 14.9. The fraction of sp³-hybridized carbons (Fsp3) is 0.321. The minimum atomic E-state index is -0.981. The van der Waals surface area contributed by atoms with Crippen LogP contribution in [-0.2, 0) is 38.2 Å². The summed E-state index contributed by atoms with van der Waals surface area (Å²) in [4.78, 5) is 99.4. The number of piperidine rings is 1. The number of nitrogens with two attached hydrogens (primary N) is 2. The number of rotatable bonds is 15. The maximum Gasteiger partial charge on any atom is 0.411 e. The number of likely N-dealkylation sites (tertiary alicyclic amines) is 1. The Labute approximate surface area is 889 Å². The first-order chi connectivity index (χ1) is 67.1. The average Bonchev–Trinajstić information content (AvgIpc) is 1.61. The van der Waals surface area contributed by atoms with E-state index >= 15 is 0 Å². The van der Waals surface area contributed by atoms with Crippen molar-refractivity contribution in [2.24, 2.45) is 11.8 Å². The molecule has 7 atom stereocenters. The van der Waals surface area contributed by atoms with Crippen molar-refractivity contribution in [3.63, 3.8) is 0 Å². The van der Waals surface area contributed by atoms with Crippen LogP contribution in [0.3, 0.4) is 0 Å². The van der Waals surface area contributed by atoms with Gasteiger partial charge in [0, 0.05) is 122 Å². The summed E-state index contributed by atoms with van der Waals surface area (Å²) in [6, 6.07) is 57.0. The Bertz CT molecular complexity index is 6160. The summed E-state index contributed by atoms with van der Waals surface area (Å²) in [5.74, 6) is -4.14. The Balaban J connectivity index is 0.000000255. The number of nitrogen functional groups attached to an aromatic ring is 2. The third kappa shape index (κ3) is 36.7. The first-order valence-corrected chi connectivity index (χ1v) is 47.8. The van der Waals surface area contributed by atoms with E-state index in [9.17, 15) is 60.3 Å². The SMILES string of the molecule is CC(C)(C)OC(=O)N1CC[C@H]1C(=O)O.CC(C)(C)OC(=O)N1C[C@H]1C(=O)Nc1cccc(-c2ccccc2Cl)c1F.CC(C)(C)OC(=O)N1C[C@H]1C(=O)O.CC(C)=C(Cl)N(C)C.CC(C)=C(Cl)N(C)C.Cl.Cl.Nc1cccc(-c2ccccc2Cl)c1F.Nc1cccc(-c2ccccc2Cl)c1F.O=C(Nc1cccc(-c2ccccc2Cl)c1F)[C@@H]1CN1.O=C(Nc1cccc(-c2ccccc2Cl)c1F)[C@H]1NC[C@@H]2C[C@@H]21. The van der Waals surface area contributed by atoms with Crippen molar-refractivity contribution in [1.82, 2.24) is 35.1 Å². The van der Waals surface area contributed by atoms with Gasteiger partial charge in [-0.05, 0) is 193 Å². The second-order valence-corrected chi connectivity index (χ2v) is 39.9. The van der Waals surface area contributed by atoms with E-state index in [0.717, 1.165) is 34.4 Å². The minimum absolute atomic E-state index is 0. The lowest BCUT2D eigenvalue weighted by molar-refractivity contribution is -0.147. The quantitative estimate of drug-likeness (QED) is 0.0151. The standard InChI is InChI=1S/C20H20ClFN2O3.C18H16ClFN2O.C15H12ClFN2O.2C12H9ClFN.C9H15NO4.C8H13NO4.2C6H12ClN.2ClH/c1-20(2,3)27-19(26)24-11-16(24)18(25)23-15-10-6-8-13(17(15)22)12-7-4-5-9-14(12)21;19-14-6-2-1-4-11(14)12-5-3-7-15(16(12)20)22-18(23)17-13-8-10(13)9-21-17;16-11-6-2-1-4-9(11)10-5-3-7-12(14(10)17)19-15(20)13-8-18-13;2*13-10-6-2-1-4-8(10)9-5-3-7-11(15)12(9)14;1-9(2,3)14-8(13)10-5-4-6(10)7(11)12;1-8(2,3)13-7(12)9-4-5(9)6(10)11;2*1-5(2)6(7)8(3)4;;/h4-10,16H,11H2,1-3H3,(H,23,25);1-7,10,13,17,21H,8-9H2,(H,22,23);1-7,13,18H,8H2,(H,19,20);2*1-7H,15H2;6H,4-5H2,1-3H3,(H,11,12);5H,4H2,1-3H3,(H,10,11);2*1-4H3;2*1H/t16-,24?;10-,13-,17-;13-;;;6-;5-,9?;;;;/m000..00..../s1. The van der Waals surface area contributed by atoms with Gasteiger partial charge >= 0.3 is 30.2 Å². The number of hydrogen-bond donors (Lipinski definition) is 9. The zero-order valence-corrected chi connectivity index (χ0v) is 89.8. The van der Waals surface area contributed by atoms with Gasteiger partial charge < -0.3 is 72.3 Å². The summed E-state index contributed by atoms with van der Waals surface area (Å²) in [5.41, 5.74) is 17.1.